The minimum Gasteiger partial charge on any atom is -0.379 e. The smallest absolute Gasteiger partial charge is 0.244 e. The van der Waals surface area contributed by atoms with Crippen LogP contribution >= 0.6 is 0 Å². The van der Waals surface area contributed by atoms with Gasteiger partial charge in [0.2, 0.25) is 15.9 Å². The van der Waals surface area contributed by atoms with E-state index in [9.17, 15) is 17.6 Å². The molecule has 1 aliphatic heterocycles. The van der Waals surface area contributed by atoms with Gasteiger partial charge in [0.1, 0.15) is 10.7 Å². The summed E-state index contributed by atoms with van der Waals surface area (Å²) in [5.74, 6) is -1.22. The molecule has 0 unspecified atom stereocenters. The van der Waals surface area contributed by atoms with Gasteiger partial charge in [-0.1, -0.05) is 26.0 Å². The van der Waals surface area contributed by atoms with E-state index >= 15 is 0 Å². The third-order valence-corrected chi connectivity index (χ3v) is 6.20. The average Bonchev–Trinajstić information content (AvgIpc) is 2.60. The van der Waals surface area contributed by atoms with Gasteiger partial charge in [-0.2, -0.15) is 4.72 Å². The Hall–Kier alpha value is -1.55. The van der Waals surface area contributed by atoms with E-state index in [4.69, 9.17) is 4.74 Å². The number of nitrogens with zero attached hydrogens (tertiary/aromatic N) is 2. The topological polar surface area (TPSA) is 79.0 Å². The van der Waals surface area contributed by atoms with Crippen LogP contribution in [-0.2, 0) is 19.6 Å². The molecule has 0 aliphatic carbocycles. The molecule has 0 radical (unpaired) electrons. The van der Waals surface area contributed by atoms with Gasteiger partial charge < -0.3 is 9.64 Å². The summed E-state index contributed by atoms with van der Waals surface area (Å²) in [4.78, 5) is 16.0. The fourth-order valence-electron chi connectivity index (χ4n) is 3.47. The number of hydrogen-bond acceptors (Lipinski definition) is 5. The molecule has 1 N–H and O–H groups in total. The molecule has 0 bridgehead atoms. The molecule has 9 heteroatoms. The molecular weight excluding hydrogens is 385 g/mol. The van der Waals surface area contributed by atoms with Crippen molar-refractivity contribution in [2.24, 2.45) is 5.41 Å². The van der Waals surface area contributed by atoms with E-state index in [1.165, 1.54) is 30.0 Å². The second-order valence-corrected chi connectivity index (χ2v) is 9.70. The van der Waals surface area contributed by atoms with Gasteiger partial charge in [-0.05, 0) is 24.5 Å². The van der Waals surface area contributed by atoms with Gasteiger partial charge in [0.05, 0.1) is 19.3 Å². The Morgan fingerprint density at radius 2 is 1.93 bits per heavy atom. The molecule has 2 rings (SSSR count). The highest BCUT2D eigenvalue weighted by Crippen LogP contribution is 2.20. The summed E-state index contributed by atoms with van der Waals surface area (Å²) >= 11 is 0. The van der Waals surface area contributed by atoms with Crippen LogP contribution in [-0.4, -0.2) is 76.6 Å². The van der Waals surface area contributed by atoms with Crippen LogP contribution in [0.2, 0.25) is 0 Å². The zero-order chi connectivity index (χ0) is 20.9. The van der Waals surface area contributed by atoms with Crippen molar-refractivity contribution in [1.29, 1.82) is 0 Å². The predicted molar refractivity (Wildman–Crippen MR) is 105 cm³/mol. The Morgan fingerprint density at radius 1 is 1.32 bits per heavy atom. The van der Waals surface area contributed by atoms with Gasteiger partial charge >= 0.3 is 0 Å². The lowest BCUT2D eigenvalue weighted by Crippen LogP contribution is -2.50. The Morgan fingerprint density at radius 3 is 2.54 bits per heavy atom. The molecular formula is C19H30FN3O4S. The number of hydrogen-bond donors (Lipinski definition) is 1. The number of nitrogens with one attached hydrogen (secondary N) is 1. The van der Waals surface area contributed by atoms with Crippen LogP contribution < -0.4 is 4.72 Å². The van der Waals surface area contributed by atoms with Crippen molar-refractivity contribution in [3.8, 4) is 0 Å². The minimum atomic E-state index is -4.13. The Bertz CT molecular complexity index is 779. The molecule has 7 nitrogen and oxygen atoms in total. The number of ether oxygens (including phenoxy) is 1. The van der Waals surface area contributed by atoms with Gasteiger partial charge in [-0.25, -0.2) is 12.8 Å². The van der Waals surface area contributed by atoms with Crippen molar-refractivity contribution < 1.29 is 22.3 Å². The third kappa shape index (κ3) is 6.23. The minimum absolute atomic E-state index is 0.175. The SMILES string of the molecule is C[C@H](NS(=O)(=O)c1ccccc1F)C(=O)N(C)CC(C)(C)CN1CCOCC1. The monoisotopic (exact) mass is 415 g/mol. The second kappa shape index (κ2) is 9.30. The summed E-state index contributed by atoms with van der Waals surface area (Å²) in [7, 11) is -2.48. The summed E-state index contributed by atoms with van der Waals surface area (Å²) in [6, 6.07) is 4.08. The first-order chi connectivity index (χ1) is 13.0. The maximum atomic E-state index is 13.8. The number of carbonyl (C=O) groups is 1. The van der Waals surface area contributed by atoms with Crippen LogP contribution in [0.3, 0.4) is 0 Å². The van der Waals surface area contributed by atoms with Crippen LogP contribution in [0.25, 0.3) is 0 Å². The maximum absolute atomic E-state index is 13.8. The number of benzene rings is 1. The van der Waals surface area contributed by atoms with E-state index in [2.05, 4.69) is 23.5 Å². The summed E-state index contributed by atoms with van der Waals surface area (Å²) in [6.07, 6.45) is 0. The van der Waals surface area contributed by atoms with E-state index in [0.29, 0.717) is 19.8 Å². The first-order valence-electron chi connectivity index (χ1n) is 9.34. The predicted octanol–water partition coefficient (Wildman–Crippen LogP) is 1.31. The van der Waals surface area contributed by atoms with Gasteiger partial charge in [0.25, 0.3) is 0 Å². The molecule has 0 aromatic heterocycles. The van der Waals surface area contributed by atoms with Crippen LogP contribution in [0.5, 0.6) is 0 Å². The molecule has 1 aromatic carbocycles. The Balaban J connectivity index is 1.96. The average molecular weight is 416 g/mol. The molecule has 1 heterocycles. The fraction of sp³-hybridized carbons (Fsp3) is 0.632. The molecule has 1 fully saturated rings. The molecule has 158 valence electrons. The zero-order valence-corrected chi connectivity index (χ0v) is 17.8. The normalized spacial score (nSPS) is 17.3. The molecule has 0 spiro atoms. The standard InChI is InChI=1S/C19H30FN3O4S/c1-15(21-28(25,26)17-8-6-5-7-16(17)20)18(24)22(4)13-19(2,3)14-23-9-11-27-12-10-23/h5-8,15,21H,9-14H2,1-4H3/t15-/m0/s1. The van der Waals surface area contributed by atoms with E-state index in [1.54, 1.807) is 7.05 Å². The number of morpholine rings is 1. The van der Waals surface area contributed by atoms with Crippen molar-refractivity contribution >= 4 is 15.9 Å². The molecule has 1 saturated heterocycles. The van der Waals surface area contributed by atoms with E-state index in [1.807, 2.05) is 0 Å². The molecule has 0 saturated carbocycles. The van der Waals surface area contributed by atoms with E-state index in [-0.39, 0.29) is 11.3 Å². The number of rotatable bonds is 8. The number of carbonyl (C=O) groups excluding carboxylic acids is 1. The fourth-order valence-corrected chi connectivity index (χ4v) is 4.75. The van der Waals surface area contributed by atoms with Gasteiger partial charge in [0, 0.05) is 33.2 Å². The van der Waals surface area contributed by atoms with Crippen molar-refractivity contribution in [2.75, 3.05) is 46.4 Å². The number of halogens is 1. The zero-order valence-electron chi connectivity index (χ0n) is 16.9. The van der Waals surface area contributed by atoms with Crippen LogP contribution in [0, 0.1) is 11.2 Å². The molecule has 28 heavy (non-hydrogen) atoms. The highest BCUT2D eigenvalue weighted by molar-refractivity contribution is 7.89. The van der Waals surface area contributed by atoms with Crippen molar-refractivity contribution in [1.82, 2.24) is 14.5 Å². The lowest BCUT2D eigenvalue weighted by Gasteiger charge is -2.37. The Kier molecular flexibility index (Phi) is 7.55. The molecule has 1 atom stereocenters. The first kappa shape index (κ1) is 22.7. The summed E-state index contributed by atoms with van der Waals surface area (Å²) in [5.41, 5.74) is -0.175. The van der Waals surface area contributed by atoms with Crippen molar-refractivity contribution in [2.45, 2.75) is 31.7 Å². The maximum Gasteiger partial charge on any atom is 0.244 e. The lowest BCUT2D eigenvalue weighted by molar-refractivity contribution is -0.132. The molecule has 1 aromatic rings. The molecule has 1 amide bonds. The Labute approximate surface area is 166 Å². The third-order valence-electron chi connectivity index (χ3n) is 4.63. The highest BCUT2D eigenvalue weighted by Gasteiger charge is 2.30. The second-order valence-electron chi connectivity index (χ2n) is 8.02. The van der Waals surface area contributed by atoms with Gasteiger partial charge in [-0.15, -0.1) is 0 Å². The van der Waals surface area contributed by atoms with Crippen LogP contribution in [0.4, 0.5) is 4.39 Å². The first-order valence-corrected chi connectivity index (χ1v) is 10.8. The number of sulfonamides is 1. The summed E-state index contributed by atoms with van der Waals surface area (Å²) in [5, 5.41) is 0. The highest BCUT2D eigenvalue weighted by atomic mass is 32.2. The number of amides is 1. The van der Waals surface area contributed by atoms with Crippen molar-refractivity contribution in [3.05, 3.63) is 30.1 Å². The summed E-state index contributed by atoms with van der Waals surface area (Å²) < 4.78 is 46.2. The van der Waals surface area contributed by atoms with Gasteiger partial charge in [-0.3, -0.25) is 9.69 Å². The molecule has 1 aliphatic rings. The quantitative estimate of drug-likeness (QED) is 0.693. The van der Waals surface area contributed by atoms with Crippen molar-refractivity contribution in [3.63, 3.8) is 0 Å². The van der Waals surface area contributed by atoms with E-state index < -0.39 is 26.8 Å². The number of likely N-dealkylation sites (N-methyl/N-ethyl adjacent to an activating group) is 1. The van der Waals surface area contributed by atoms with Crippen LogP contribution in [0.1, 0.15) is 20.8 Å². The summed E-state index contributed by atoms with van der Waals surface area (Å²) in [6.45, 7) is 10.0. The van der Waals surface area contributed by atoms with Gasteiger partial charge in [0.15, 0.2) is 0 Å². The largest absolute Gasteiger partial charge is 0.379 e. The van der Waals surface area contributed by atoms with E-state index in [0.717, 1.165) is 25.7 Å². The van der Waals surface area contributed by atoms with Crippen LogP contribution in [0.15, 0.2) is 29.2 Å². The lowest BCUT2D eigenvalue weighted by atomic mass is 9.91.